The summed E-state index contributed by atoms with van der Waals surface area (Å²) in [4.78, 5) is 15.5. The lowest BCUT2D eigenvalue weighted by atomic mass is 10.1. The summed E-state index contributed by atoms with van der Waals surface area (Å²) in [7, 11) is 0. The van der Waals surface area contributed by atoms with Gasteiger partial charge in [0.1, 0.15) is 0 Å². The number of H-pyrrole nitrogens is 1. The molecule has 1 heterocycles. The van der Waals surface area contributed by atoms with Crippen LogP contribution in [0, 0.1) is 13.8 Å². The van der Waals surface area contributed by atoms with Gasteiger partial charge in [0.15, 0.2) is 5.11 Å². The van der Waals surface area contributed by atoms with Gasteiger partial charge in [-0.1, -0.05) is 35.9 Å². The van der Waals surface area contributed by atoms with E-state index in [1.807, 2.05) is 62.4 Å². The van der Waals surface area contributed by atoms with Gasteiger partial charge in [-0.3, -0.25) is 15.6 Å². The number of carbonyl (C=O) groups is 1. The van der Waals surface area contributed by atoms with Crippen molar-refractivity contribution in [3.05, 3.63) is 65.4 Å². The number of carbonyl (C=O) groups excluding carboxylic acids is 1. The molecule has 0 atom stereocenters. The van der Waals surface area contributed by atoms with Gasteiger partial charge >= 0.3 is 0 Å². The quantitative estimate of drug-likeness (QED) is 0.431. The molecule has 0 aliphatic carbocycles. The van der Waals surface area contributed by atoms with Crippen LogP contribution in [0.5, 0.6) is 0 Å². The molecule has 0 saturated heterocycles. The maximum absolute atomic E-state index is 12.2. The van der Waals surface area contributed by atoms with Gasteiger partial charge < -0.3 is 10.3 Å². The van der Waals surface area contributed by atoms with Crippen LogP contribution in [-0.2, 0) is 11.2 Å². The first-order valence-corrected chi connectivity index (χ1v) is 8.42. The van der Waals surface area contributed by atoms with Crippen molar-refractivity contribution < 1.29 is 4.79 Å². The molecule has 0 saturated carbocycles. The van der Waals surface area contributed by atoms with Crippen molar-refractivity contribution in [3.63, 3.8) is 0 Å². The molecule has 3 aromatic rings. The van der Waals surface area contributed by atoms with Gasteiger partial charge in [-0.25, -0.2) is 0 Å². The minimum Gasteiger partial charge on any atom is -0.358 e. The van der Waals surface area contributed by atoms with Gasteiger partial charge in [0.2, 0.25) is 5.91 Å². The molecule has 0 bridgehead atoms. The standard InChI is InChI=1S/C19H20N4OS/c1-12-7-9-14(10-8-12)21-19(25)23-22-18(24)11-16-13(2)20-17-6-4-3-5-15(16)17/h3-10,20H,11H2,1-2H3,(H,22,24)(H2,21,23,25). The molecule has 0 aliphatic heterocycles. The summed E-state index contributed by atoms with van der Waals surface area (Å²) in [5.74, 6) is -0.152. The van der Waals surface area contributed by atoms with Crippen LogP contribution in [0.3, 0.4) is 0 Å². The van der Waals surface area contributed by atoms with E-state index in [1.54, 1.807) is 0 Å². The minimum absolute atomic E-state index is 0.152. The van der Waals surface area contributed by atoms with Gasteiger partial charge in [0, 0.05) is 22.3 Å². The molecule has 4 N–H and O–H groups in total. The fraction of sp³-hybridized carbons (Fsp3) is 0.158. The molecule has 1 aromatic heterocycles. The zero-order chi connectivity index (χ0) is 17.8. The Kier molecular flexibility index (Phi) is 5.00. The van der Waals surface area contributed by atoms with Crippen molar-refractivity contribution in [2.45, 2.75) is 20.3 Å². The summed E-state index contributed by atoms with van der Waals surface area (Å²) in [5, 5.41) is 4.43. The second kappa shape index (κ2) is 7.36. The first kappa shape index (κ1) is 17.0. The lowest BCUT2D eigenvalue weighted by molar-refractivity contribution is -0.120. The van der Waals surface area contributed by atoms with E-state index >= 15 is 0 Å². The summed E-state index contributed by atoms with van der Waals surface area (Å²) in [5.41, 5.74) is 10.4. The maximum atomic E-state index is 12.2. The smallest absolute Gasteiger partial charge is 0.242 e. The minimum atomic E-state index is -0.152. The highest BCUT2D eigenvalue weighted by Gasteiger charge is 2.12. The number of para-hydroxylation sites is 1. The van der Waals surface area contributed by atoms with E-state index < -0.39 is 0 Å². The largest absolute Gasteiger partial charge is 0.358 e. The van der Waals surface area contributed by atoms with Gasteiger partial charge in [0.25, 0.3) is 0 Å². The van der Waals surface area contributed by atoms with E-state index in [4.69, 9.17) is 12.2 Å². The third kappa shape index (κ3) is 4.16. The zero-order valence-electron chi connectivity index (χ0n) is 14.1. The average molecular weight is 352 g/mol. The topological polar surface area (TPSA) is 68.9 Å². The van der Waals surface area contributed by atoms with E-state index in [2.05, 4.69) is 21.2 Å². The third-order valence-corrected chi connectivity index (χ3v) is 4.19. The molecule has 6 heteroatoms. The number of rotatable bonds is 3. The molecule has 25 heavy (non-hydrogen) atoms. The highest BCUT2D eigenvalue weighted by molar-refractivity contribution is 7.80. The molecule has 0 aliphatic rings. The predicted molar refractivity (Wildman–Crippen MR) is 105 cm³/mol. The summed E-state index contributed by atoms with van der Waals surface area (Å²) in [6, 6.07) is 15.8. The summed E-state index contributed by atoms with van der Waals surface area (Å²) < 4.78 is 0. The monoisotopic (exact) mass is 352 g/mol. The first-order chi connectivity index (χ1) is 12.0. The van der Waals surface area contributed by atoms with Crippen LogP contribution in [0.1, 0.15) is 16.8 Å². The summed E-state index contributed by atoms with van der Waals surface area (Å²) in [6.45, 7) is 3.99. The summed E-state index contributed by atoms with van der Waals surface area (Å²) >= 11 is 5.19. The molecule has 3 rings (SSSR count). The molecule has 0 radical (unpaired) electrons. The third-order valence-electron chi connectivity index (χ3n) is 3.99. The molecule has 2 aromatic carbocycles. The fourth-order valence-corrected chi connectivity index (χ4v) is 2.86. The van der Waals surface area contributed by atoms with E-state index in [0.29, 0.717) is 5.11 Å². The van der Waals surface area contributed by atoms with Gasteiger partial charge in [-0.2, -0.15) is 0 Å². The van der Waals surface area contributed by atoms with E-state index in [0.717, 1.165) is 27.8 Å². The Morgan fingerprint density at radius 1 is 1.04 bits per heavy atom. The van der Waals surface area contributed by atoms with E-state index in [9.17, 15) is 4.79 Å². The van der Waals surface area contributed by atoms with Crippen LogP contribution < -0.4 is 16.2 Å². The molecule has 0 spiro atoms. The van der Waals surface area contributed by atoms with E-state index in [-0.39, 0.29) is 12.3 Å². The Morgan fingerprint density at radius 2 is 1.76 bits per heavy atom. The second-order valence-corrected chi connectivity index (χ2v) is 6.35. The lowest BCUT2D eigenvalue weighted by Crippen LogP contribution is -2.44. The zero-order valence-corrected chi connectivity index (χ0v) is 15.0. The van der Waals surface area contributed by atoms with Gasteiger partial charge in [0.05, 0.1) is 6.42 Å². The number of amides is 1. The first-order valence-electron chi connectivity index (χ1n) is 8.01. The van der Waals surface area contributed by atoms with Crippen molar-refractivity contribution in [1.29, 1.82) is 0 Å². The second-order valence-electron chi connectivity index (χ2n) is 5.94. The molecule has 5 nitrogen and oxygen atoms in total. The van der Waals surface area contributed by atoms with Crippen molar-refractivity contribution in [2.75, 3.05) is 5.32 Å². The number of thiocarbonyl (C=S) groups is 1. The number of aryl methyl sites for hydroxylation is 2. The van der Waals surface area contributed by atoms with Crippen LogP contribution in [0.15, 0.2) is 48.5 Å². The highest BCUT2D eigenvalue weighted by atomic mass is 32.1. The molecular weight excluding hydrogens is 332 g/mol. The van der Waals surface area contributed by atoms with Crippen molar-refractivity contribution in [3.8, 4) is 0 Å². The van der Waals surface area contributed by atoms with Crippen molar-refractivity contribution >= 4 is 39.8 Å². The van der Waals surface area contributed by atoms with E-state index in [1.165, 1.54) is 5.56 Å². The Labute approximate surface area is 151 Å². The number of hydrogen-bond donors (Lipinski definition) is 4. The molecule has 0 fully saturated rings. The Hall–Kier alpha value is -2.86. The molecule has 0 unspecified atom stereocenters. The number of benzene rings is 2. The number of hydrogen-bond acceptors (Lipinski definition) is 2. The van der Waals surface area contributed by atoms with Crippen LogP contribution >= 0.6 is 12.2 Å². The molecular formula is C19H20N4OS. The van der Waals surface area contributed by atoms with Crippen LogP contribution in [0.2, 0.25) is 0 Å². The van der Waals surface area contributed by atoms with Gasteiger partial charge in [-0.15, -0.1) is 0 Å². The number of hydrazine groups is 1. The fourth-order valence-electron chi connectivity index (χ4n) is 2.69. The van der Waals surface area contributed by atoms with Crippen molar-refractivity contribution in [1.82, 2.24) is 15.8 Å². The predicted octanol–water partition coefficient (Wildman–Crippen LogP) is 3.35. The number of fused-ring (bicyclic) bond motifs is 1. The Morgan fingerprint density at radius 3 is 2.52 bits per heavy atom. The van der Waals surface area contributed by atoms with Crippen LogP contribution in [0.4, 0.5) is 5.69 Å². The number of aromatic nitrogens is 1. The number of aromatic amines is 1. The maximum Gasteiger partial charge on any atom is 0.242 e. The SMILES string of the molecule is Cc1ccc(NC(=S)NNC(=O)Cc2c(C)[nH]c3ccccc23)cc1. The number of nitrogens with one attached hydrogen (secondary N) is 4. The summed E-state index contributed by atoms with van der Waals surface area (Å²) in [6.07, 6.45) is 0.274. The Bertz CT molecular complexity index is 915. The van der Waals surface area contributed by atoms with Crippen LogP contribution in [-0.4, -0.2) is 16.0 Å². The number of anilines is 1. The molecule has 1 amide bonds. The van der Waals surface area contributed by atoms with Gasteiger partial charge in [-0.05, 0) is 49.8 Å². The highest BCUT2D eigenvalue weighted by Crippen LogP contribution is 2.22. The normalized spacial score (nSPS) is 10.5. The Balaban J connectivity index is 1.56. The van der Waals surface area contributed by atoms with Crippen LogP contribution in [0.25, 0.3) is 10.9 Å². The lowest BCUT2D eigenvalue weighted by Gasteiger charge is -2.12. The van der Waals surface area contributed by atoms with Crippen molar-refractivity contribution in [2.24, 2.45) is 0 Å². The average Bonchev–Trinajstić information content (AvgIpc) is 2.91. The molecule has 128 valence electrons.